The predicted octanol–water partition coefficient (Wildman–Crippen LogP) is -8.79. The van der Waals surface area contributed by atoms with Crippen LogP contribution < -0.4 is 64.5 Å². The number of hydrogen-bond donors (Lipinski definition) is 1. The van der Waals surface area contributed by atoms with Crippen molar-refractivity contribution >= 4 is 51.4 Å². The molecule has 0 rings (SSSR count). The van der Waals surface area contributed by atoms with E-state index >= 15 is 0 Å². The van der Waals surface area contributed by atoms with E-state index in [1.807, 2.05) is 0 Å². The fraction of sp³-hybridized carbons (Fsp3) is 0. The molecule has 0 aliphatic rings. The Labute approximate surface area is 163 Å². The van der Waals surface area contributed by atoms with Gasteiger partial charge in [0, 0.05) is 5.34 Å². The molecule has 0 amide bonds. The Kier molecular flexibility index (Phi) is 94.5. The first kappa shape index (κ1) is 36.1. The van der Waals surface area contributed by atoms with Gasteiger partial charge in [-0.25, -0.2) is 0 Å². The molecule has 0 aliphatic carbocycles. The molecule has 0 radical (unpaired) electrons. The van der Waals surface area contributed by atoms with E-state index in [9.17, 15) is 0 Å². The zero-order chi connectivity index (χ0) is 9.86. The summed E-state index contributed by atoms with van der Waals surface area (Å²) in [5.41, 5.74) is 0. The summed E-state index contributed by atoms with van der Waals surface area (Å²) in [6.07, 6.45) is 0. The van der Waals surface area contributed by atoms with Crippen molar-refractivity contribution < 1.29 is 74.6 Å². The number of nitrogens with one attached hydrogen (secondary N) is 1. The minimum Gasteiger partial charge on any atom is 1.00 e. The van der Waals surface area contributed by atoms with Gasteiger partial charge in [-0.1, -0.05) is 0 Å². The van der Waals surface area contributed by atoms with Gasteiger partial charge in [0.1, 0.15) is 0 Å². The average molecular weight is 257 g/mol. The smallest absolute Gasteiger partial charge is 1.00 e. The first-order valence-electron chi connectivity index (χ1n) is 1.50. The molecule has 0 aromatic heterocycles. The fourth-order valence-electron chi connectivity index (χ4n) is 0. The summed E-state index contributed by atoms with van der Waals surface area (Å²) in [6.45, 7) is 0. The first-order chi connectivity index (χ1) is 4.88. The summed E-state index contributed by atoms with van der Waals surface area (Å²) in [6, 6.07) is 0. The topological polar surface area (TPSA) is 186 Å². The van der Waals surface area contributed by atoms with Crippen LogP contribution in [0.25, 0.3) is 0 Å². The van der Waals surface area contributed by atoms with Crippen LogP contribution in [-0.4, -0.2) is 61.6 Å². The molecule has 14 heavy (non-hydrogen) atoms. The SMILES string of the molecule is O=[N+]([O-])[O-].O=[N+]([O-])[O-].O=[NH+][O-].[KH].[Na+].[Na+]. The summed E-state index contributed by atoms with van der Waals surface area (Å²) < 4.78 is 0. The van der Waals surface area contributed by atoms with Crippen LogP contribution in [0.5, 0.6) is 0 Å². The molecule has 0 aromatic carbocycles. The molecule has 68 valence electrons. The molecule has 14 heteroatoms. The second-order valence-corrected chi connectivity index (χ2v) is 0.531. The van der Waals surface area contributed by atoms with Crippen LogP contribution >= 0.6 is 0 Å². The van der Waals surface area contributed by atoms with E-state index in [1.54, 1.807) is 0 Å². The Morgan fingerprint density at radius 3 is 0.857 bits per heavy atom. The zero-order valence-corrected chi connectivity index (χ0v) is 10.7. The summed E-state index contributed by atoms with van der Waals surface area (Å²) in [5.74, 6) is 0. The second kappa shape index (κ2) is 36.6. The van der Waals surface area contributed by atoms with Crippen molar-refractivity contribution in [2.24, 2.45) is 0 Å². The Balaban J connectivity index is -0.0000000156. The number of hydrogen-bond acceptors (Lipinski definition) is 8. The van der Waals surface area contributed by atoms with Crippen LogP contribution in [0.4, 0.5) is 0 Å². The average Bonchev–Trinajstić information content (AvgIpc) is 1.60. The third kappa shape index (κ3) is 1010. The van der Waals surface area contributed by atoms with Gasteiger partial charge in [0.05, 0.1) is 10.2 Å². The number of nitrogens with zero attached hydrogens (tertiary/aromatic N) is 2. The van der Waals surface area contributed by atoms with E-state index in [4.69, 9.17) is 40.8 Å². The Hall–Kier alpha value is 1.44. The van der Waals surface area contributed by atoms with Crippen molar-refractivity contribution in [1.82, 2.24) is 0 Å². The van der Waals surface area contributed by atoms with E-state index in [1.165, 1.54) is 0 Å². The van der Waals surface area contributed by atoms with E-state index < -0.39 is 10.2 Å². The Bertz CT molecular complexity index is 110. The van der Waals surface area contributed by atoms with Gasteiger partial charge in [0.15, 0.2) is 0 Å². The molecule has 0 unspecified atom stereocenters. The van der Waals surface area contributed by atoms with Crippen LogP contribution in [0, 0.1) is 40.8 Å². The molecule has 0 heterocycles. The van der Waals surface area contributed by atoms with Gasteiger partial charge in [0.25, 0.3) is 0 Å². The minimum absolute atomic E-state index is 0. The fourth-order valence-corrected chi connectivity index (χ4v) is 0. The maximum absolute atomic E-state index is 8.25. The van der Waals surface area contributed by atoms with Crippen molar-refractivity contribution in [2.75, 3.05) is 0 Å². The van der Waals surface area contributed by atoms with E-state index in [0.717, 1.165) is 0 Å². The van der Waals surface area contributed by atoms with Gasteiger partial charge < -0.3 is 30.6 Å². The van der Waals surface area contributed by atoms with E-state index in [2.05, 4.69) is 0 Å². The quantitative estimate of drug-likeness (QED) is 0.251. The molecule has 0 fully saturated rings. The molecule has 1 N–H and O–H groups in total. The monoisotopic (exact) mass is 257 g/mol. The number of rotatable bonds is 0. The van der Waals surface area contributed by atoms with Gasteiger partial charge in [0.2, 0.25) is 0 Å². The van der Waals surface area contributed by atoms with Gasteiger partial charge in [-0.2, -0.15) is 0 Å². The molecule has 0 saturated carbocycles. The first-order valence-corrected chi connectivity index (χ1v) is 1.50. The third-order valence-corrected chi connectivity index (χ3v) is 0. The molecular formula is H2KN3Na2O8. The van der Waals surface area contributed by atoms with Crippen LogP contribution in [0.15, 0.2) is 0 Å². The summed E-state index contributed by atoms with van der Waals surface area (Å²) in [7, 11) is 0. The van der Waals surface area contributed by atoms with Gasteiger partial charge in [-0.15, -0.1) is 0 Å². The maximum atomic E-state index is 8.25. The van der Waals surface area contributed by atoms with Crippen molar-refractivity contribution in [2.45, 2.75) is 0 Å². The largest absolute Gasteiger partial charge is 1.00 e. The molecule has 0 spiro atoms. The zero-order valence-electron chi connectivity index (χ0n) is 6.66. The summed E-state index contributed by atoms with van der Waals surface area (Å²) >= 11 is 0. The molecule has 0 atom stereocenters. The van der Waals surface area contributed by atoms with Crippen molar-refractivity contribution in [3.05, 3.63) is 40.8 Å². The van der Waals surface area contributed by atoms with Crippen LogP contribution in [0.2, 0.25) is 0 Å². The minimum atomic E-state index is -1.75. The normalized spacial score (nSPS) is 4.29. The molecule has 0 aliphatic heterocycles. The van der Waals surface area contributed by atoms with Crippen molar-refractivity contribution in [1.29, 1.82) is 0 Å². The van der Waals surface area contributed by atoms with Crippen LogP contribution in [0.3, 0.4) is 0 Å². The van der Waals surface area contributed by atoms with Crippen LogP contribution in [0.1, 0.15) is 0 Å². The van der Waals surface area contributed by atoms with E-state index in [0.29, 0.717) is 0 Å². The van der Waals surface area contributed by atoms with Crippen molar-refractivity contribution in [3.8, 4) is 0 Å². The molecular weight excluding hydrogens is 255 g/mol. The summed E-state index contributed by atoms with van der Waals surface area (Å²) in [4.78, 5) is 24.6. The second-order valence-electron chi connectivity index (χ2n) is 0.531. The van der Waals surface area contributed by atoms with Gasteiger partial charge in [-0.3, -0.25) is 10.1 Å². The van der Waals surface area contributed by atoms with Gasteiger partial charge in [-0.05, 0) is 0 Å². The van der Waals surface area contributed by atoms with E-state index in [-0.39, 0.29) is 116 Å². The summed E-state index contributed by atoms with van der Waals surface area (Å²) in [5, 5.41) is 37.9. The van der Waals surface area contributed by atoms with Gasteiger partial charge >= 0.3 is 110 Å². The predicted molar refractivity (Wildman–Crippen MR) is 35.6 cm³/mol. The van der Waals surface area contributed by atoms with Crippen LogP contribution in [-0.2, 0) is 0 Å². The maximum Gasteiger partial charge on any atom is 1.00 e. The Morgan fingerprint density at radius 2 is 0.857 bits per heavy atom. The standard InChI is InChI=1S/K.2NO3.HNO2.2Na.H/c;2*2-1(3)4;2-1-3;;;/h;;;1H;;;/q;2*-1;;2*+1;. The van der Waals surface area contributed by atoms with Crippen molar-refractivity contribution in [3.63, 3.8) is 0 Å². The molecule has 0 bridgehead atoms. The molecule has 0 saturated heterocycles. The molecule has 11 nitrogen and oxygen atoms in total. The third-order valence-electron chi connectivity index (χ3n) is 0. The molecule has 0 aromatic rings. The Morgan fingerprint density at radius 1 is 0.857 bits per heavy atom.